The van der Waals surface area contributed by atoms with Crippen LogP contribution in [0.1, 0.15) is 18.4 Å². The maximum Gasteiger partial charge on any atom is 0.235 e. The molecule has 2 fully saturated rings. The standard InChI is InChI=1S/C16H17N3O2/c17-8-12-9-19(10-12)15(21)16(7-6-14(20)18-11-16)13-4-2-1-3-5-13/h1-5,12H,6-7,9-11H2,(H,18,20). The molecule has 5 nitrogen and oxygen atoms in total. The maximum atomic E-state index is 12.9. The van der Waals surface area contributed by atoms with Gasteiger partial charge >= 0.3 is 0 Å². The van der Waals surface area contributed by atoms with E-state index in [2.05, 4.69) is 11.4 Å². The Kier molecular flexibility index (Phi) is 3.38. The molecule has 0 spiro atoms. The average Bonchev–Trinajstić information content (AvgIpc) is 2.48. The maximum absolute atomic E-state index is 12.9. The van der Waals surface area contributed by atoms with Crippen LogP contribution in [0.3, 0.4) is 0 Å². The molecule has 0 radical (unpaired) electrons. The van der Waals surface area contributed by atoms with Crippen LogP contribution in [0.4, 0.5) is 0 Å². The second kappa shape index (κ2) is 5.21. The number of piperidine rings is 1. The first-order valence-electron chi connectivity index (χ1n) is 7.17. The molecule has 2 heterocycles. The second-order valence-electron chi connectivity index (χ2n) is 5.76. The summed E-state index contributed by atoms with van der Waals surface area (Å²) in [7, 11) is 0. The van der Waals surface area contributed by atoms with E-state index in [1.54, 1.807) is 4.90 Å². The minimum Gasteiger partial charge on any atom is -0.355 e. The van der Waals surface area contributed by atoms with Crippen LogP contribution in [-0.2, 0) is 15.0 Å². The number of benzene rings is 1. The fourth-order valence-electron chi connectivity index (χ4n) is 3.09. The minimum atomic E-state index is -0.685. The molecule has 2 aliphatic heterocycles. The summed E-state index contributed by atoms with van der Waals surface area (Å²) < 4.78 is 0. The van der Waals surface area contributed by atoms with Crippen molar-refractivity contribution in [3.63, 3.8) is 0 Å². The summed E-state index contributed by atoms with van der Waals surface area (Å²) in [5.41, 5.74) is 0.255. The van der Waals surface area contributed by atoms with Crippen molar-refractivity contribution >= 4 is 11.8 Å². The molecule has 1 N–H and O–H groups in total. The van der Waals surface area contributed by atoms with Gasteiger partial charge in [-0.1, -0.05) is 30.3 Å². The van der Waals surface area contributed by atoms with E-state index < -0.39 is 5.41 Å². The molecule has 1 unspecified atom stereocenters. The van der Waals surface area contributed by atoms with Gasteiger partial charge in [0.15, 0.2) is 0 Å². The summed E-state index contributed by atoms with van der Waals surface area (Å²) in [5, 5.41) is 11.7. The Balaban J connectivity index is 1.89. The van der Waals surface area contributed by atoms with E-state index >= 15 is 0 Å². The van der Waals surface area contributed by atoms with Crippen LogP contribution in [0.2, 0.25) is 0 Å². The van der Waals surface area contributed by atoms with E-state index in [4.69, 9.17) is 5.26 Å². The summed E-state index contributed by atoms with van der Waals surface area (Å²) >= 11 is 0. The predicted molar refractivity (Wildman–Crippen MR) is 76.0 cm³/mol. The third kappa shape index (κ3) is 2.27. The Morgan fingerprint density at radius 3 is 2.62 bits per heavy atom. The molecule has 2 aliphatic rings. The lowest BCUT2D eigenvalue weighted by atomic mass is 9.72. The highest BCUT2D eigenvalue weighted by molar-refractivity contribution is 5.92. The van der Waals surface area contributed by atoms with Crippen LogP contribution < -0.4 is 5.32 Å². The number of nitriles is 1. The van der Waals surface area contributed by atoms with E-state index in [1.165, 1.54) is 0 Å². The number of hydrogen-bond donors (Lipinski definition) is 1. The Morgan fingerprint density at radius 1 is 1.33 bits per heavy atom. The molecular weight excluding hydrogens is 266 g/mol. The van der Waals surface area contributed by atoms with Gasteiger partial charge in [0.05, 0.1) is 17.4 Å². The van der Waals surface area contributed by atoms with Gasteiger partial charge in [0.1, 0.15) is 0 Å². The highest BCUT2D eigenvalue weighted by Gasteiger charge is 2.47. The highest BCUT2D eigenvalue weighted by Crippen LogP contribution is 2.35. The van der Waals surface area contributed by atoms with Gasteiger partial charge in [-0.15, -0.1) is 0 Å². The molecule has 1 aromatic carbocycles. The summed E-state index contributed by atoms with van der Waals surface area (Å²) in [4.78, 5) is 26.1. The van der Waals surface area contributed by atoms with Crippen molar-refractivity contribution in [2.75, 3.05) is 19.6 Å². The zero-order chi connectivity index (χ0) is 14.9. The number of carbonyl (C=O) groups excluding carboxylic acids is 2. The van der Waals surface area contributed by atoms with Crippen molar-refractivity contribution in [3.8, 4) is 6.07 Å². The van der Waals surface area contributed by atoms with Crippen LogP contribution in [0.25, 0.3) is 0 Å². The van der Waals surface area contributed by atoms with Gasteiger partial charge in [0, 0.05) is 26.1 Å². The van der Waals surface area contributed by atoms with Crippen LogP contribution in [0, 0.1) is 17.2 Å². The number of nitrogens with one attached hydrogen (secondary N) is 1. The lowest BCUT2D eigenvalue weighted by Gasteiger charge is -2.44. The number of amides is 2. The van der Waals surface area contributed by atoms with Gasteiger partial charge < -0.3 is 10.2 Å². The van der Waals surface area contributed by atoms with E-state index in [-0.39, 0.29) is 17.7 Å². The predicted octanol–water partition coefficient (Wildman–Crippen LogP) is 0.816. The van der Waals surface area contributed by atoms with Crippen LogP contribution in [0.15, 0.2) is 30.3 Å². The fraction of sp³-hybridized carbons (Fsp3) is 0.438. The lowest BCUT2D eigenvalue weighted by molar-refractivity contribution is -0.144. The SMILES string of the molecule is N#CC1CN(C(=O)C2(c3ccccc3)CCC(=O)NC2)C1. The van der Waals surface area contributed by atoms with E-state index in [9.17, 15) is 9.59 Å². The van der Waals surface area contributed by atoms with Gasteiger partial charge in [-0.3, -0.25) is 9.59 Å². The first-order chi connectivity index (χ1) is 10.2. The van der Waals surface area contributed by atoms with Crippen LogP contribution in [-0.4, -0.2) is 36.3 Å². The largest absolute Gasteiger partial charge is 0.355 e. The lowest BCUT2D eigenvalue weighted by Crippen LogP contribution is -2.61. The summed E-state index contributed by atoms with van der Waals surface area (Å²) in [6, 6.07) is 11.8. The molecule has 1 atom stereocenters. The average molecular weight is 283 g/mol. The first-order valence-corrected chi connectivity index (χ1v) is 7.17. The smallest absolute Gasteiger partial charge is 0.235 e. The highest BCUT2D eigenvalue weighted by atomic mass is 16.2. The van der Waals surface area contributed by atoms with E-state index in [0.717, 1.165) is 5.56 Å². The van der Waals surface area contributed by atoms with Crippen molar-refractivity contribution in [1.82, 2.24) is 10.2 Å². The molecule has 21 heavy (non-hydrogen) atoms. The molecule has 0 saturated carbocycles. The molecule has 1 aromatic rings. The molecule has 108 valence electrons. The second-order valence-corrected chi connectivity index (χ2v) is 5.76. The summed E-state index contributed by atoms with van der Waals surface area (Å²) in [6.07, 6.45) is 0.881. The molecule has 2 amide bonds. The minimum absolute atomic E-state index is 0.00660. The molecule has 3 rings (SSSR count). The van der Waals surface area contributed by atoms with E-state index in [1.807, 2.05) is 30.3 Å². The number of nitrogens with zero attached hydrogens (tertiary/aromatic N) is 2. The van der Waals surface area contributed by atoms with Gasteiger partial charge in [-0.25, -0.2) is 0 Å². The zero-order valence-corrected chi connectivity index (χ0v) is 11.7. The molecule has 5 heteroatoms. The third-order valence-electron chi connectivity index (χ3n) is 4.45. The first kappa shape index (κ1) is 13.6. The Bertz CT molecular complexity index is 590. The fourth-order valence-corrected chi connectivity index (χ4v) is 3.09. The number of carbonyl (C=O) groups is 2. The van der Waals surface area contributed by atoms with Crippen molar-refractivity contribution in [2.24, 2.45) is 5.92 Å². The number of hydrogen-bond acceptors (Lipinski definition) is 3. The third-order valence-corrected chi connectivity index (χ3v) is 4.45. The van der Waals surface area contributed by atoms with Crippen LogP contribution in [0.5, 0.6) is 0 Å². The van der Waals surface area contributed by atoms with Crippen molar-refractivity contribution in [1.29, 1.82) is 5.26 Å². The van der Waals surface area contributed by atoms with Gasteiger partial charge in [-0.05, 0) is 12.0 Å². The molecule has 2 saturated heterocycles. The van der Waals surface area contributed by atoms with Crippen molar-refractivity contribution in [3.05, 3.63) is 35.9 Å². The quantitative estimate of drug-likeness (QED) is 0.873. The molecule has 0 bridgehead atoms. The summed E-state index contributed by atoms with van der Waals surface area (Å²) in [6.45, 7) is 1.33. The van der Waals surface area contributed by atoms with Crippen molar-refractivity contribution < 1.29 is 9.59 Å². The normalized spacial score (nSPS) is 25.7. The Labute approximate surface area is 123 Å². The zero-order valence-electron chi connectivity index (χ0n) is 11.7. The topological polar surface area (TPSA) is 73.2 Å². The van der Waals surface area contributed by atoms with E-state index in [0.29, 0.717) is 32.5 Å². The number of likely N-dealkylation sites (tertiary alicyclic amines) is 1. The monoisotopic (exact) mass is 283 g/mol. The number of rotatable bonds is 2. The van der Waals surface area contributed by atoms with Crippen LogP contribution >= 0.6 is 0 Å². The molecule has 0 aromatic heterocycles. The molecular formula is C16H17N3O2. The Morgan fingerprint density at radius 2 is 2.05 bits per heavy atom. The molecule has 0 aliphatic carbocycles. The van der Waals surface area contributed by atoms with Crippen molar-refractivity contribution in [2.45, 2.75) is 18.3 Å². The van der Waals surface area contributed by atoms with Gasteiger partial charge in [-0.2, -0.15) is 5.26 Å². The summed E-state index contributed by atoms with van der Waals surface area (Å²) in [5.74, 6) is -0.0342. The van der Waals surface area contributed by atoms with Gasteiger partial charge in [0.2, 0.25) is 11.8 Å². The Hall–Kier alpha value is -2.35. The van der Waals surface area contributed by atoms with Gasteiger partial charge in [0.25, 0.3) is 0 Å².